The van der Waals surface area contributed by atoms with Crippen LogP contribution in [0.25, 0.3) is 0 Å². The van der Waals surface area contributed by atoms with Gasteiger partial charge in [0.25, 0.3) is 0 Å². The Morgan fingerprint density at radius 2 is 1.87 bits per heavy atom. The van der Waals surface area contributed by atoms with Crippen LogP contribution in [0.2, 0.25) is 0 Å². The first-order valence-electron chi connectivity index (χ1n) is 9.20. The number of sulfonamides is 1. The van der Waals surface area contributed by atoms with E-state index in [2.05, 4.69) is 14.7 Å². The van der Waals surface area contributed by atoms with Crippen molar-refractivity contribution in [1.29, 1.82) is 0 Å². The van der Waals surface area contributed by atoms with Crippen LogP contribution in [-0.2, 0) is 23.1 Å². The lowest BCUT2D eigenvalue weighted by Gasteiger charge is -2.13. The van der Waals surface area contributed by atoms with Gasteiger partial charge >= 0.3 is 0 Å². The Kier molecular flexibility index (Phi) is 6.89. The molecule has 160 valence electrons. The van der Waals surface area contributed by atoms with Crippen molar-refractivity contribution >= 4 is 21.8 Å². The molecule has 3 aromatic rings. The first-order chi connectivity index (χ1) is 14.1. The van der Waals surface area contributed by atoms with Crippen LogP contribution in [-0.4, -0.2) is 29.2 Å². The van der Waals surface area contributed by atoms with Crippen molar-refractivity contribution in [2.24, 2.45) is 0 Å². The van der Waals surface area contributed by atoms with Crippen molar-refractivity contribution in [2.45, 2.75) is 42.8 Å². The summed E-state index contributed by atoms with van der Waals surface area (Å²) in [6, 6.07) is 8.83. The van der Waals surface area contributed by atoms with E-state index in [1.807, 2.05) is 30.5 Å². The van der Waals surface area contributed by atoms with Crippen LogP contribution in [0.1, 0.15) is 37.0 Å². The second-order valence-corrected chi connectivity index (χ2v) is 9.98. The molecule has 0 amide bonds. The molecule has 0 aliphatic carbocycles. The summed E-state index contributed by atoms with van der Waals surface area (Å²) in [5.74, 6) is -0.835. The first kappa shape index (κ1) is 22.4. The number of nitrogens with one attached hydrogen (secondary N) is 1. The molecule has 0 bridgehead atoms. The average Bonchev–Trinajstić information content (AvgIpc) is 2.97. The smallest absolute Gasteiger partial charge is 0.209 e. The predicted molar refractivity (Wildman–Crippen MR) is 112 cm³/mol. The topological polar surface area (TPSA) is 76.9 Å². The third kappa shape index (κ3) is 5.87. The van der Waals surface area contributed by atoms with Gasteiger partial charge in [-0.2, -0.15) is 0 Å². The summed E-state index contributed by atoms with van der Waals surface area (Å²) in [5, 5.41) is 0.686. The second-order valence-electron chi connectivity index (χ2n) is 7.08. The van der Waals surface area contributed by atoms with Gasteiger partial charge in [-0.3, -0.25) is 4.98 Å². The van der Waals surface area contributed by atoms with Gasteiger partial charge in [0.1, 0.15) is 22.5 Å². The van der Waals surface area contributed by atoms with E-state index in [-0.39, 0.29) is 12.5 Å². The number of hydrogen-bond donors (Lipinski definition) is 1. The molecule has 0 saturated carbocycles. The quantitative estimate of drug-likeness (QED) is 0.560. The van der Waals surface area contributed by atoms with Crippen LogP contribution in [0.3, 0.4) is 0 Å². The lowest BCUT2D eigenvalue weighted by Crippen LogP contribution is -2.23. The molecule has 1 N–H and O–H groups in total. The van der Waals surface area contributed by atoms with E-state index in [4.69, 9.17) is 0 Å². The maximum atomic E-state index is 13.7. The van der Waals surface area contributed by atoms with E-state index in [1.54, 1.807) is 12.3 Å². The van der Waals surface area contributed by atoms with Crippen LogP contribution < -0.4 is 4.72 Å². The number of aromatic nitrogens is 3. The molecule has 0 aliphatic heterocycles. The Hall–Kier alpha value is -2.30. The van der Waals surface area contributed by atoms with E-state index >= 15 is 0 Å². The Balaban J connectivity index is 2.09. The molecule has 30 heavy (non-hydrogen) atoms. The standard InChI is InChI=1S/C20H22F2N4O2S2/c1-13(2)19-20(29-17-9-14(21)8-15(22)10-17)26(12-16-6-4-5-7-23-16)18(25-19)11-24-30(3,27)28/h4-10,13,24H,11-12H2,1-3H3. The van der Waals surface area contributed by atoms with Gasteiger partial charge < -0.3 is 4.57 Å². The molecule has 0 radical (unpaired) electrons. The van der Waals surface area contributed by atoms with E-state index < -0.39 is 21.7 Å². The zero-order chi connectivity index (χ0) is 21.9. The van der Waals surface area contributed by atoms with Crippen LogP contribution in [0, 0.1) is 11.6 Å². The molecule has 2 aromatic heterocycles. The minimum absolute atomic E-state index is 0.00729. The number of pyridine rings is 1. The van der Waals surface area contributed by atoms with Gasteiger partial charge in [-0.1, -0.05) is 31.7 Å². The molecule has 0 saturated heterocycles. The molecule has 0 aliphatic rings. The third-order valence-corrected chi connectivity index (χ3v) is 5.92. The molecule has 0 atom stereocenters. The van der Waals surface area contributed by atoms with E-state index in [1.165, 1.54) is 23.9 Å². The van der Waals surface area contributed by atoms with E-state index in [9.17, 15) is 17.2 Å². The summed E-state index contributed by atoms with van der Waals surface area (Å²) in [7, 11) is -3.43. The maximum absolute atomic E-state index is 13.7. The summed E-state index contributed by atoms with van der Waals surface area (Å²) >= 11 is 1.19. The van der Waals surface area contributed by atoms with Gasteiger partial charge in [-0.15, -0.1) is 0 Å². The highest BCUT2D eigenvalue weighted by atomic mass is 32.2. The van der Waals surface area contributed by atoms with Crippen LogP contribution >= 0.6 is 11.8 Å². The van der Waals surface area contributed by atoms with Gasteiger partial charge in [0.15, 0.2) is 0 Å². The molecular weight excluding hydrogens is 430 g/mol. The van der Waals surface area contributed by atoms with Gasteiger partial charge in [-0.05, 0) is 30.2 Å². The lowest BCUT2D eigenvalue weighted by molar-refractivity contribution is 0.575. The number of hydrogen-bond acceptors (Lipinski definition) is 5. The molecule has 0 fully saturated rings. The van der Waals surface area contributed by atoms with Crippen molar-refractivity contribution in [2.75, 3.05) is 6.26 Å². The first-order valence-corrected chi connectivity index (χ1v) is 11.9. The van der Waals surface area contributed by atoms with Gasteiger partial charge in [0, 0.05) is 17.2 Å². The molecule has 2 heterocycles. The fraction of sp³-hybridized carbons (Fsp3) is 0.300. The summed E-state index contributed by atoms with van der Waals surface area (Å²) in [4.78, 5) is 9.38. The van der Waals surface area contributed by atoms with Crippen molar-refractivity contribution < 1.29 is 17.2 Å². The minimum atomic E-state index is -3.43. The zero-order valence-electron chi connectivity index (χ0n) is 16.8. The summed E-state index contributed by atoms with van der Waals surface area (Å²) < 4.78 is 55.0. The van der Waals surface area contributed by atoms with Crippen LogP contribution in [0.4, 0.5) is 8.78 Å². The number of nitrogens with zero attached hydrogens (tertiary/aromatic N) is 3. The molecule has 3 rings (SSSR count). The molecule has 6 nitrogen and oxygen atoms in total. The van der Waals surface area contributed by atoms with Gasteiger partial charge in [-0.25, -0.2) is 26.9 Å². The number of halogens is 2. The summed E-state index contributed by atoms with van der Waals surface area (Å²) in [6.45, 7) is 4.24. The Morgan fingerprint density at radius 3 is 2.43 bits per heavy atom. The number of imidazole rings is 1. The van der Waals surface area contributed by atoms with Crippen molar-refractivity contribution in [3.05, 3.63) is 71.4 Å². The van der Waals surface area contributed by atoms with Crippen molar-refractivity contribution in [1.82, 2.24) is 19.3 Å². The van der Waals surface area contributed by atoms with Crippen LogP contribution in [0.5, 0.6) is 0 Å². The highest BCUT2D eigenvalue weighted by molar-refractivity contribution is 7.99. The molecular formula is C20H22F2N4O2S2. The SMILES string of the molecule is CC(C)c1nc(CNS(C)(=O)=O)n(Cc2ccccn2)c1Sc1cc(F)cc(F)c1. The Morgan fingerprint density at radius 1 is 1.17 bits per heavy atom. The fourth-order valence-corrected chi connectivity index (χ4v) is 4.46. The second kappa shape index (κ2) is 9.23. The molecule has 0 spiro atoms. The third-order valence-electron chi connectivity index (χ3n) is 4.16. The summed E-state index contributed by atoms with van der Waals surface area (Å²) in [6.07, 6.45) is 2.74. The normalized spacial score (nSPS) is 11.9. The van der Waals surface area contributed by atoms with Crippen molar-refractivity contribution in [3.8, 4) is 0 Å². The number of rotatable bonds is 8. The van der Waals surface area contributed by atoms with Gasteiger partial charge in [0.2, 0.25) is 10.0 Å². The Bertz CT molecular complexity index is 1110. The predicted octanol–water partition coefficient (Wildman–Crippen LogP) is 3.93. The molecule has 1 aromatic carbocycles. The summed E-state index contributed by atoms with van der Waals surface area (Å²) in [5.41, 5.74) is 1.46. The monoisotopic (exact) mass is 452 g/mol. The fourth-order valence-electron chi connectivity index (χ4n) is 2.83. The molecule has 10 heteroatoms. The average molecular weight is 453 g/mol. The zero-order valence-corrected chi connectivity index (χ0v) is 18.4. The number of benzene rings is 1. The lowest BCUT2D eigenvalue weighted by atomic mass is 10.1. The minimum Gasteiger partial charge on any atom is -0.315 e. The largest absolute Gasteiger partial charge is 0.315 e. The highest BCUT2D eigenvalue weighted by Crippen LogP contribution is 2.36. The van der Waals surface area contributed by atoms with Crippen molar-refractivity contribution in [3.63, 3.8) is 0 Å². The van der Waals surface area contributed by atoms with Gasteiger partial charge in [0.05, 0.1) is 30.7 Å². The molecule has 0 unspecified atom stereocenters. The maximum Gasteiger partial charge on any atom is 0.209 e. The highest BCUT2D eigenvalue weighted by Gasteiger charge is 2.22. The van der Waals surface area contributed by atoms with Crippen LogP contribution in [0.15, 0.2) is 52.5 Å². The van der Waals surface area contributed by atoms with E-state index in [0.29, 0.717) is 28.0 Å². The Labute approximate surface area is 178 Å². The van der Waals surface area contributed by atoms with E-state index in [0.717, 1.165) is 18.0 Å².